The van der Waals surface area contributed by atoms with Crippen molar-refractivity contribution in [2.45, 2.75) is 6.17 Å². The quantitative estimate of drug-likeness (QED) is 0.726. The Morgan fingerprint density at radius 3 is 3.22 bits per heavy atom. The summed E-state index contributed by atoms with van der Waals surface area (Å²) in [5.41, 5.74) is 0.736. The van der Waals surface area contributed by atoms with Gasteiger partial charge in [0.15, 0.2) is 5.65 Å². The second kappa shape index (κ2) is 4.35. The molecule has 94 valence electrons. The van der Waals surface area contributed by atoms with Gasteiger partial charge in [-0.15, -0.1) is 0 Å². The first-order chi connectivity index (χ1) is 8.79. The molecule has 1 amide bonds. The fourth-order valence-electron chi connectivity index (χ4n) is 2.08. The summed E-state index contributed by atoms with van der Waals surface area (Å²) in [4.78, 5) is 18.3. The Kier molecular flexibility index (Phi) is 2.69. The van der Waals surface area contributed by atoms with Gasteiger partial charge in [0.1, 0.15) is 12.0 Å². The van der Waals surface area contributed by atoms with Crippen LogP contribution in [0.15, 0.2) is 24.5 Å². The molecule has 7 heteroatoms. The molecule has 1 saturated heterocycles. The van der Waals surface area contributed by atoms with E-state index in [9.17, 15) is 4.79 Å². The summed E-state index contributed by atoms with van der Waals surface area (Å²) in [6, 6.07) is 3.61. The van der Waals surface area contributed by atoms with Gasteiger partial charge < -0.3 is 0 Å². The first kappa shape index (κ1) is 11.1. The maximum Gasteiger partial charge on any atom is 0.260 e. The zero-order chi connectivity index (χ0) is 12.5. The summed E-state index contributed by atoms with van der Waals surface area (Å²) in [5, 5.41) is 10.1. The molecule has 0 aliphatic carbocycles. The molecule has 0 aromatic carbocycles. The number of hydrogen-bond acceptors (Lipinski definition) is 5. The lowest BCUT2D eigenvalue weighted by Crippen LogP contribution is -2.60. The molecule has 0 spiro atoms. The number of fused-ring (bicyclic) bond motifs is 1. The van der Waals surface area contributed by atoms with E-state index in [0.29, 0.717) is 12.4 Å². The van der Waals surface area contributed by atoms with Crippen LogP contribution in [0.5, 0.6) is 0 Å². The molecule has 1 atom stereocenters. The zero-order valence-electron chi connectivity index (χ0n) is 10.00. The van der Waals surface area contributed by atoms with Crippen molar-refractivity contribution in [2.24, 2.45) is 0 Å². The van der Waals surface area contributed by atoms with Crippen LogP contribution < -0.4 is 15.5 Å². The van der Waals surface area contributed by atoms with Gasteiger partial charge in [0, 0.05) is 25.4 Å². The van der Waals surface area contributed by atoms with E-state index in [1.807, 2.05) is 6.07 Å². The first-order valence-electron chi connectivity index (χ1n) is 5.82. The third kappa shape index (κ3) is 1.73. The maximum absolute atomic E-state index is 12.2. The van der Waals surface area contributed by atoms with Gasteiger partial charge >= 0.3 is 0 Å². The van der Waals surface area contributed by atoms with Gasteiger partial charge in [-0.3, -0.25) is 20.3 Å². The van der Waals surface area contributed by atoms with Crippen LogP contribution in [-0.2, 0) is 4.79 Å². The van der Waals surface area contributed by atoms with Crippen LogP contribution in [-0.4, -0.2) is 46.8 Å². The molecule has 18 heavy (non-hydrogen) atoms. The molecule has 2 aromatic heterocycles. The Morgan fingerprint density at radius 1 is 1.50 bits per heavy atom. The van der Waals surface area contributed by atoms with Crippen LogP contribution in [0.4, 0.5) is 5.82 Å². The smallest absolute Gasteiger partial charge is 0.260 e. The van der Waals surface area contributed by atoms with Crippen molar-refractivity contribution in [2.75, 3.05) is 25.0 Å². The second-order valence-corrected chi connectivity index (χ2v) is 4.09. The van der Waals surface area contributed by atoms with Gasteiger partial charge in [-0.05, 0) is 13.1 Å². The lowest BCUT2D eigenvalue weighted by atomic mass is 10.3. The molecule has 7 nitrogen and oxygen atoms in total. The normalized spacial score (nSPS) is 20.6. The molecule has 2 N–H and O–H groups in total. The van der Waals surface area contributed by atoms with Crippen LogP contribution >= 0.6 is 0 Å². The Morgan fingerprint density at radius 2 is 2.39 bits per heavy atom. The van der Waals surface area contributed by atoms with Crippen LogP contribution in [0.25, 0.3) is 5.65 Å². The van der Waals surface area contributed by atoms with Gasteiger partial charge in [0.25, 0.3) is 5.91 Å². The Hall–Kier alpha value is -1.99. The van der Waals surface area contributed by atoms with E-state index in [0.717, 1.165) is 12.2 Å². The number of amides is 1. The van der Waals surface area contributed by atoms with E-state index in [4.69, 9.17) is 0 Å². The predicted octanol–water partition coefficient (Wildman–Crippen LogP) is -0.789. The van der Waals surface area contributed by atoms with E-state index in [1.54, 1.807) is 34.9 Å². The van der Waals surface area contributed by atoms with Gasteiger partial charge in [-0.1, -0.05) is 0 Å². The van der Waals surface area contributed by atoms with Crippen molar-refractivity contribution in [3.05, 3.63) is 24.5 Å². The number of anilines is 1. The number of carbonyl (C=O) groups excluding carboxylic acids is 1. The number of hydrogen-bond donors (Lipinski definition) is 2. The van der Waals surface area contributed by atoms with Gasteiger partial charge in [-0.25, -0.2) is 9.50 Å². The molecular weight excluding hydrogens is 232 g/mol. The number of piperazine rings is 1. The highest BCUT2D eigenvalue weighted by Crippen LogP contribution is 2.14. The molecule has 3 rings (SSSR count). The molecule has 0 radical (unpaired) electrons. The lowest BCUT2D eigenvalue weighted by molar-refractivity contribution is -0.122. The average Bonchev–Trinajstić information content (AvgIpc) is 2.86. The SMILES string of the molecule is CNC1NCCN(c2ccn3nccc3n2)C1=O. The zero-order valence-corrected chi connectivity index (χ0v) is 10.00. The van der Waals surface area contributed by atoms with Gasteiger partial charge in [0.2, 0.25) is 0 Å². The number of nitrogens with zero attached hydrogens (tertiary/aromatic N) is 4. The van der Waals surface area contributed by atoms with E-state index < -0.39 is 0 Å². The largest absolute Gasteiger partial charge is 0.297 e. The van der Waals surface area contributed by atoms with Crippen molar-refractivity contribution in [3.8, 4) is 0 Å². The van der Waals surface area contributed by atoms with E-state index >= 15 is 0 Å². The highest BCUT2D eigenvalue weighted by atomic mass is 16.2. The molecule has 2 aromatic rings. The number of carbonyl (C=O) groups is 1. The van der Waals surface area contributed by atoms with Crippen molar-refractivity contribution in [1.82, 2.24) is 25.2 Å². The minimum atomic E-state index is -0.346. The van der Waals surface area contributed by atoms with Crippen LogP contribution in [0, 0.1) is 0 Å². The summed E-state index contributed by atoms with van der Waals surface area (Å²) >= 11 is 0. The monoisotopic (exact) mass is 246 g/mol. The molecule has 1 unspecified atom stereocenters. The minimum Gasteiger partial charge on any atom is -0.297 e. The Balaban J connectivity index is 1.95. The Labute approximate surface area is 104 Å². The van der Waals surface area contributed by atoms with E-state index in [2.05, 4.69) is 20.7 Å². The molecule has 1 aliphatic rings. The van der Waals surface area contributed by atoms with Crippen LogP contribution in [0.1, 0.15) is 0 Å². The summed E-state index contributed by atoms with van der Waals surface area (Å²) in [5.74, 6) is 0.648. The summed E-state index contributed by atoms with van der Waals surface area (Å²) in [7, 11) is 1.76. The molecular formula is C11H14N6O. The molecule has 0 saturated carbocycles. The topological polar surface area (TPSA) is 74.6 Å². The lowest BCUT2D eigenvalue weighted by Gasteiger charge is -2.32. The fourth-order valence-corrected chi connectivity index (χ4v) is 2.08. The third-order valence-corrected chi connectivity index (χ3v) is 3.01. The number of rotatable bonds is 2. The number of likely N-dealkylation sites (N-methyl/N-ethyl adjacent to an activating group) is 1. The second-order valence-electron chi connectivity index (χ2n) is 4.09. The minimum absolute atomic E-state index is 0.0138. The molecule has 1 fully saturated rings. The van der Waals surface area contributed by atoms with Crippen molar-refractivity contribution in [1.29, 1.82) is 0 Å². The summed E-state index contributed by atoms with van der Waals surface area (Å²) < 4.78 is 1.67. The summed E-state index contributed by atoms with van der Waals surface area (Å²) in [6.45, 7) is 1.36. The average molecular weight is 246 g/mol. The third-order valence-electron chi connectivity index (χ3n) is 3.01. The van der Waals surface area contributed by atoms with Crippen molar-refractivity contribution in [3.63, 3.8) is 0 Å². The molecule has 1 aliphatic heterocycles. The summed E-state index contributed by atoms with van der Waals surface area (Å²) in [6.07, 6.45) is 3.14. The fraction of sp³-hybridized carbons (Fsp3) is 0.364. The highest BCUT2D eigenvalue weighted by Gasteiger charge is 2.28. The number of nitrogens with one attached hydrogen (secondary N) is 2. The maximum atomic E-state index is 12.2. The van der Waals surface area contributed by atoms with Crippen LogP contribution in [0.2, 0.25) is 0 Å². The standard InChI is InChI=1S/C11H14N6O/c1-12-10-11(18)16(7-5-13-10)8-3-6-17-9(15-8)2-4-14-17/h2-4,6,10,12-13H,5,7H2,1H3. The van der Waals surface area contributed by atoms with Crippen molar-refractivity contribution >= 4 is 17.4 Å². The van der Waals surface area contributed by atoms with E-state index in [1.165, 1.54) is 0 Å². The first-order valence-corrected chi connectivity index (χ1v) is 5.82. The van der Waals surface area contributed by atoms with Crippen molar-refractivity contribution < 1.29 is 4.79 Å². The van der Waals surface area contributed by atoms with Gasteiger partial charge in [-0.2, -0.15) is 5.10 Å². The van der Waals surface area contributed by atoms with Gasteiger partial charge in [0.05, 0.1) is 6.20 Å². The van der Waals surface area contributed by atoms with Crippen LogP contribution in [0.3, 0.4) is 0 Å². The predicted molar refractivity (Wildman–Crippen MR) is 66.2 cm³/mol. The van der Waals surface area contributed by atoms with E-state index in [-0.39, 0.29) is 12.1 Å². The highest BCUT2D eigenvalue weighted by molar-refractivity contribution is 5.97. The Bertz CT molecular complexity index is 580. The number of aromatic nitrogens is 3. The molecule has 0 bridgehead atoms. The molecule has 3 heterocycles.